The molecule has 5 heteroatoms. The van der Waals surface area contributed by atoms with E-state index in [9.17, 15) is 4.79 Å². The zero-order valence-corrected chi connectivity index (χ0v) is 14.1. The fraction of sp³-hybridized carbons (Fsp3) is 0.526. The summed E-state index contributed by atoms with van der Waals surface area (Å²) in [5.41, 5.74) is 4.52. The van der Waals surface area contributed by atoms with Crippen molar-refractivity contribution in [2.75, 3.05) is 20.3 Å². The van der Waals surface area contributed by atoms with Crippen LogP contribution in [-0.2, 0) is 22.3 Å². The van der Waals surface area contributed by atoms with Gasteiger partial charge in [-0.25, -0.2) is 0 Å². The first-order valence-corrected chi connectivity index (χ1v) is 8.81. The van der Waals surface area contributed by atoms with E-state index in [0.717, 1.165) is 24.8 Å². The van der Waals surface area contributed by atoms with Crippen LogP contribution in [0.5, 0.6) is 0 Å². The van der Waals surface area contributed by atoms with Crippen LogP contribution in [0.4, 0.5) is 0 Å². The number of amides is 1. The van der Waals surface area contributed by atoms with Crippen LogP contribution in [0.2, 0.25) is 0 Å². The predicted molar refractivity (Wildman–Crippen MR) is 92.4 cm³/mol. The number of fused-ring (bicyclic) bond motifs is 3. The average Bonchev–Trinajstić information content (AvgIpc) is 3.00. The maximum absolute atomic E-state index is 12.6. The van der Waals surface area contributed by atoms with Crippen LogP contribution in [0.25, 0.3) is 10.9 Å². The van der Waals surface area contributed by atoms with Gasteiger partial charge in [-0.1, -0.05) is 6.07 Å². The molecule has 1 amide bonds. The van der Waals surface area contributed by atoms with Crippen molar-refractivity contribution < 1.29 is 14.3 Å². The number of nitrogens with one attached hydrogen (secondary N) is 2. The molecule has 0 bridgehead atoms. The lowest BCUT2D eigenvalue weighted by atomic mass is 9.95. The highest BCUT2D eigenvalue weighted by Gasteiger charge is 2.27. The maximum atomic E-state index is 12.6. The van der Waals surface area contributed by atoms with Crippen LogP contribution >= 0.6 is 0 Å². The van der Waals surface area contributed by atoms with Crippen LogP contribution in [-0.4, -0.2) is 43.4 Å². The van der Waals surface area contributed by atoms with E-state index in [0.29, 0.717) is 18.8 Å². The summed E-state index contributed by atoms with van der Waals surface area (Å²) in [6.45, 7) is 1.19. The van der Waals surface area contributed by atoms with E-state index in [2.05, 4.69) is 16.4 Å². The average molecular weight is 328 g/mol. The molecule has 2 atom stereocenters. The van der Waals surface area contributed by atoms with E-state index in [1.165, 1.54) is 29.5 Å². The van der Waals surface area contributed by atoms with Crippen molar-refractivity contribution in [3.05, 3.63) is 35.0 Å². The van der Waals surface area contributed by atoms with Gasteiger partial charge >= 0.3 is 0 Å². The molecule has 1 aromatic heterocycles. The van der Waals surface area contributed by atoms with Gasteiger partial charge in [-0.05, 0) is 49.8 Å². The Kier molecular flexibility index (Phi) is 4.29. The van der Waals surface area contributed by atoms with Crippen molar-refractivity contribution in [1.82, 2.24) is 10.3 Å². The summed E-state index contributed by atoms with van der Waals surface area (Å²) in [5, 5.41) is 4.32. The molecule has 2 aromatic rings. The van der Waals surface area contributed by atoms with Gasteiger partial charge in [-0.2, -0.15) is 0 Å². The predicted octanol–water partition coefficient (Wildman–Crippen LogP) is 2.58. The van der Waals surface area contributed by atoms with Gasteiger partial charge in [0.2, 0.25) is 0 Å². The van der Waals surface area contributed by atoms with E-state index in [-0.39, 0.29) is 18.1 Å². The van der Waals surface area contributed by atoms with Gasteiger partial charge in [0.25, 0.3) is 5.91 Å². The molecule has 2 aliphatic rings. The minimum Gasteiger partial charge on any atom is -0.379 e. The molecular weight excluding hydrogens is 304 g/mol. The summed E-state index contributed by atoms with van der Waals surface area (Å²) in [5.74, 6) is -0.0676. The van der Waals surface area contributed by atoms with E-state index >= 15 is 0 Å². The first-order valence-electron chi connectivity index (χ1n) is 8.81. The fourth-order valence-corrected chi connectivity index (χ4v) is 3.94. The molecule has 1 saturated heterocycles. The quantitative estimate of drug-likeness (QED) is 0.910. The largest absolute Gasteiger partial charge is 0.379 e. The minimum atomic E-state index is -0.0937. The van der Waals surface area contributed by atoms with Crippen molar-refractivity contribution in [1.29, 1.82) is 0 Å². The Morgan fingerprint density at radius 1 is 1.33 bits per heavy atom. The zero-order valence-electron chi connectivity index (χ0n) is 14.1. The van der Waals surface area contributed by atoms with E-state index in [4.69, 9.17) is 9.47 Å². The Hall–Kier alpha value is -1.85. The summed E-state index contributed by atoms with van der Waals surface area (Å²) >= 11 is 0. The number of benzene rings is 1. The van der Waals surface area contributed by atoms with E-state index < -0.39 is 0 Å². The Bertz CT molecular complexity index is 752. The minimum absolute atomic E-state index is 0.0178. The number of aromatic nitrogens is 1. The summed E-state index contributed by atoms with van der Waals surface area (Å²) < 4.78 is 10.9. The number of aromatic amines is 1. The number of carbonyl (C=O) groups is 1. The second kappa shape index (κ2) is 6.57. The van der Waals surface area contributed by atoms with Gasteiger partial charge in [0, 0.05) is 35.9 Å². The third-order valence-corrected chi connectivity index (χ3v) is 5.27. The van der Waals surface area contributed by atoms with Gasteiger partial charge in [-0.3, -0.25) is 4.79 Å². The normalized spacial score (nSPS) is 23.9. The van der Waals surface area contributed by atoms with Crippen LogP contribution in [0.1, 0.15) is 40.9 Å². The number of aryl methyl sites for hydroxylation is 2. The smallest absolute Gasteiger partial charge is 0.251 e. The number of hydrogen-bond donors (Lipinski definition) is 2. The van der Waals surface area contributed by atoms with Gasteiger partial charge in [0.15, 0.2) is 0 Å². The number of hydrogen-bond acceptors (Lipinski definition) is 3. The second-order valence-electron chi connectivity index (χ2n) is 6.77. The zero-order chi connectivity index (χ0) is 16.5. The lowest BCUT2D eigenvalue weighted by Gasteiger charge is -2.31. The lowest BCUT2D eigenvalue weighted by molar-refractivity contribution is -0.0349. The number of rotatable bonds is 3. The molecule has 0 saturated carbocycles. The number of methoxy groups -OCH3 is 1. The molecule has 4 rings (SSSR count). The number of carbonyl (C=O) groups excluding carboxylic acids is 1. The topological polar surface area (TPSA) is 63.4 Å². The van der Waals surface area contributed by atoms with Gasteiger partial charge in [0.1, 0.15) is 0 Å². The maximum Gasteiger partial charge on any atom is 0.251 e. The van der Waals surface area contributed by atoms with Crippen LogP contribution in [0.3, 0.4) is 0 Å². The van der Waals surface area contributed by atoms with Crippen molar-refractivity contribution >= 4 is 16.8 Å². The molecule has 2 heterocycles. The van der Waals surface area contributed by atoms with E-state index in [1.54, 1.807) is 7.11 Å². The number of ether oxygens (including phenoxy) is 2. The number of H-pyrrole nitrogens is 1. The highest BCUT2D eigenvalue weighted by molar-refractivity contribution is 5.99. The molecule has 1 aliphatic heterocycles. The molecule has 1 aliphatic carbocycles. The van der Waals surface area contributed by atoms with Crippen molar-refractivity contribution in [2.24, 2.45) is 0 Å². The van der Waals surface area contributed by atoms with Crippen molar-refractivity contribution in [3.63, 3.8) is 0 Å². The SMILES string of the molecule is COC1CCOCC1NC(=O)c1ccc2c3c([nH]c2c1)CCCC3. The first-order chi connectivity index (χ1) is 11.8. The van der Waals surface area contributed by atoms with Crippen LogP contribution in [0, 0.1) is 0 Å². The molecule has 2 unspecified atom stereocenters. The Balaban J connectivity index is 1.56. The standard InChI is InChI=1S/C19H24N2O3/c1-23-18-8-9-24-11-17(18)21-19(22)12-6-7-14-13-4-2-3-5-15(13)20-16(14)10-12/h6-7,10,17-18,20H,2-5,8-9,11H2,1H3,(H,21,22). The molecule has 0 radical (unpaired) electrons. The molecule has 1 aromatic carbocycles. The lowest BCUT2D eigenvalue weighted by Crippen LogP contribution is -2.50. The van der Waals surface area contributed by atoms with Crippen LogP contribution < -0.4 is 5.32 Å². The molecule has 2 N–H and O–H groups in total. The summed E-state index contributed by atoms with van der Waals surface area (Å²) in [4.78, 5) is 16.1. The highest BCUT2D eigenvalue weighted by Crippen LogP contribution is 2.29. The van der Waals surface area contributed by atoms with E-state index in [1.807, 2.05) is 12.1 Å². The molecule has 5 nitrogen and oxygen atoms in total. The third-order valence-electron chi connectivity index (χ3n) is 5.27. The van der Waals surface area contributed by atoms with Gasteiger partial charge in [0.05, 0.1) is 18.8 Å². The van der Waals surface area contributed by atoms with Gasteiger partial charge in [-0.15, -0.1) is 0 Å². The Morgan fingerprint density at radius 2 is 2.21 bits per heavy atom. The van der Waals surface area contributed by atoms with Gasteiger partial charge < -0.3 is 19.8 Å². The Morgan fingerprint density at radius 3 is 3.08 bits per heavy atom. The Labute approximate surface area is 141 Å². The van der Waals surface area contributed by atoms with Crippen molar-refractivity contribution in [3.8, 4) is 0 Å². The summed E-state index contributed by atoms with van der Waals surface area (Å²) in [6, 6.07) is 5.87. The molecular formula is C19H24N2O3. The highest BCUT2D eigenvalue weighted by atomic mass is 16.5. The molecule has 1 fully saturated rings. The van der Waals surface area contributed by atoms with Crippen molar-refractivity contribution in [2.45, 2.75) is 44.2 Å². The van der Waals surface area contributed by atoms with Crippen LogP contribution in [0.15, 0.2) is 18.2 Å². The molecule has 24 heavy (non-hydrogen) atoms. The second-order valence-corrected chi connectivity index (χ2v) is 6.77. The fourth-order valence-electron chi connectivity index (χ4n) is 3.94. The molecule has 128 valence electrons. The summed E-state index contributed by atoms with van der Waals surface area (Å²) in [6.07, 6.45) is 5.57. The first kappa shape index (κ1) is 15.7. The monoisotopic (exact) mass is 328 g/mol. The third kappa shape index (κ3) is 2.82. The summed E-state index contributed by atoms with van der Waals surface area (Å²) in [7, 11) is 1.69. The molecule has 0 spiro atoms.